The van der Waals surface area contributed by atoms with Crippen molar-refractivity contribution in [3.05, 3.63) is 18.0 Å². The van der Waals surface area contributed by atoms with Crippen LogP contribution in [-0.4, -0.2) is 38.5 Å². The molecule has 0 unspecified atom stereocenters. The van der Waals surface area contributed by atoms with Crippen molar-refractivity contribution in [2.45, 2.75) is 64.6 Å². The normalized spacial score (nSPS) is 17.5. The van der Waals surface area contributed by atoms with Crippen LogP contribution in [0.25, 0.3) is 0 Å². The number of rotatable bonds is 6. The van der Waals surface area contributed by atoms with Crippen LogP contribution < -0.4 is 0 Å². The van der Waals surface area contributed by atoms with Gasteiger partial charge in [-0.2, -0.15) is 5.10 Å². The highest BCUT2D eigenvalue weighted by Gasteiger charge is 2.20. The Balaban J connectivity index is 1.94. The molecule has 0 amide bonds. The predicted octanol–water partition coefficient (Wildman–Crippen LogP) is 2.59. The molecule has 1 fully saturated rings. The first-order valence-electron chi connectivity index (χ1n) is 7.47. The SMILES string of the molecule is CCN(Cc1ccn(C2CCCC2)n1)CC(C)(C)O. The molecule has 0 radical (unpaired) electrons. The van der Waals surface area contributed by atoms with Crippen molar-refractivity contribution < 1.29 is 5.11 Å². The van der Waals surface area contributed by atoms with Crippen molar-refractivity contribution in [2.24, 2.45) is 0 Å². The van der Waals surface area contributed by atoms with Gasteiger partial charge in [-0.1, -0.05) is 19.8 Å². The molecule has 4 nitrogen and oxygen atoms in total. The minimum Gasteiger partial charge on any atom is -0.389 e. The summed E-state index contributed by atoms with van der Waals surface area (Å²) < 4.78 is 2.14. The smallest absolute Gasteiger partial charge is 0.0764 e. The Morgan fingerprint density at radius 2 is 2.11 bits per heavy atom. The summed E-state index contributed by atoms with van der Waals surface area (Å²) in [5.41, 5.74) is 0.460. The Labute approximate surface area is 116 Å². The molecule has 1 aliphatic rings. The minimum atomic E-state index is -0.649. The van der Waals surface area contributed by atoms with Crippen molar-refractivity contribution in [1.82, 2.24) is 14.7 Å². The largest absolute Gasteiger partial charge is 0.389 e. The fourth-order valence-electron chi connectivity index (χ4n) is 2.89. The molecule has 1 heterocycles. The molecule has 0 aromatic carbocycles. The third kappa shape index (κ3) is 4.32. The topological polar surface area (TPSA) is 41.3 Å². The van der Waals surface area contributed by atoms with Crippen molar-refractivity contribution in [3.8, 4) is 0 Å². The van der Waals surface area contributed by atoms with Crippen LogP contribution in [0.3, 0.4) is 0 Å². The zero-order valence-electron chi connectivity index (χ0n) is 12.5. The highest BCUT2D eigenvalue weighted by atomic mass is 16.3. The summed E-state index contributed by atoms with van der Waals surface area (Å²) >= 11 is 0. The van der Waals surface area contributed by atoms with Gasteiger partial charge < -0.3 is 5.11 Å². The quantitative estimate of drug-likeness (QED) is 0.859. The number of nitrogens with zero attached hydrogens (tertiary/aromatic N) is 3. The first-order chi connectivity index (χ1) is 8.98. The molecular formula is C15H27N3O. The Hall–Kier alpha value is -0.870. The monoisotopic (exact) mass is 265 g/mol. The molecule has 0 saturated heterocycles. The van der Waals surface area contributed by atoms with E-state index in [1.807, 2.05) is 13.8 Å². The molecular weight excluding hydrogens is 238 g/mol. The van der Waals surface area contributed by atoms with Gasteiger partial charge in [0.2, 0.25) is 0 Å². The van der Waals surface area contributed by atoms with E-state index in [1.54, 1.807) is 0 Å². The number of aromatic nitrogens is 2. The van der Waals surface area contributed by atoms with E-state index in [-0.39, 0.29) is 0 Å². The molecule has 0 atom stereocenters. The maximum Gasteiger partial charge on any atom is 0.0764 e. The number of hydrogen-bond donors (Lipinski definition) is 1. The summed E-state index contributed by atoms with van der Waals surface area (Å²) in [6, 6.07) is 2.73. The maximum absolute atomic E-state index is 9.91. The van der Waals surface area contributed by atoms with Gasteiger partial charge in [0, 0.05) is 19.3 Å². The highest BCUT2D eigenvalue weighted by Crippen LogP contribution is 2.28. The van der Waals surface area contributed by atoms with Gasteiger partial charge in [-0.25, -0.2) is 0 Å². The summed E-state index contributed by atoms with van der Waals surface area (Å²) in [5, 5.41) is 14.6. The average molecular weight is 265 g/mol. The highest BCUT2D eigenvalue weighted by molar-refractivity contribution is 5.00. The first kappa shape index (κ1) is 14.5. The van der Waals surface area contributed by atoms with Crippen molar-refractivity contribution in [3.63, 3.8) is 0 Å². The predicted molar refractivity (Wildman–Crippen MR) is 77.0 cm³/mol. The molecule has 1 aromatic heterocycles. The lowest BCUT2D eigenvalue weighted by Gasteiger charge is -2.27. The zero-order valence-corrected chi connectivity index (χ0v) is 12.5. The first-order valence-corrected chi connectivity index (χ1v) is 7.47. The molecule has 19 heavy (non-hydrogen) atoms. The van der Waals surface area contributed by atoms with Gasteiger partial charge in [-0.3, -0.25) is 9.58 Å². The number of aliphatic hydroxyl groups is 1. The van der Waals surface area contributed by atoms with Crippen LogP contribution in [0.5, 0.6) is 0 Å². The van der Waals surface area contributed by atoms with Crippen LogP contribution in [0, 0.1) is 0 Å². The second kappa shape index (κ2) is 6.06. The third-order valence-electron chi connectivity index (χ3n) is 3.81. The Morgan fingerprint density at radius 1 is 1.42 bits per heavy atom. The van der Waals surface area contributed by atoms with E-state index in [1.165, 1.54) is 25.7 Å². The zero-order chi connectivity index (χ0) is 13.9. The van der Waals surface area contributed by atoms with E-state index in [9.17, 15) is 5.11 Å². The number of likely N-dealkylation sites (N-methyl/N-ethyl adjacent to an activating group) is 1. The van der Waals surface area contributed by atoms with Gasteiger partial charge in [0.15, 0.2) is 0 Å². The van der Waals surface area contributed by atoms with E-state index in [4.69, 9.17) is 5.10 Å². The van der Waals surface area contributed by atoms with E-state index in [0.29, 0.717) is 12.6 Å². The van der Waals surface area contributed by atoms with E-state index >= 15 is 0 Å². The third-order valence-corrected chi connectivity index (χ3v) is 3.81. The molecule has 0 aliphatic heterocycles. The van der Waals surface area contributed by atoms with Crippen LogP contribution in [-0.2, 0) is 6.54 Å². The van der Waals surface area contributed by atoms with E-state index in [0.717, 1.165) is 18.8 Å². The van der Waals surface area contributed by atoms with E-state index in [2.05, 4.69) is 28.8 Å². The van der Waals surface area contributed by atoms with Gasteiger partial charge in [-0.05, 0) is 39.3 Å². The van der Waals surface area contributed by atoms with Crippen LogP contribution >= 0.6 is 0 Å². The van der Waals surface area contributed by atoms with Crippen molar-refractivity contribution in [2.75, 3.05) is 13.1 Å². The summed E-state index contributed by atoms with van der Waals surface area (Å²) in [7, 11) is 0. The molecule has 2 rings (SSSR count). The van der Waals surface area contributed by atoms with Crippen molar-refractivity contribution >= 4 is 0 Å². The lowest BCUT2D eigenvalue weighted by atomic mass is 10.1. The van der Waals surface area contributed by atoms with Crippen LogP contribution in [0.4, 0.5) is 0 Å². The standard InChI is InChI=1S/C15H27N3O/c1-4-17(12-15(2,3)19)11-13-9-10-18(16-13)14-7-5-6-8-14/h9-10,14,19H,4-8,11-12H2,1-3H3. The lowest BCUT2D eigenvalue weighted by Crippen LogP contribution is -2.38. The second-order valence-electron chi connectivity index (χ2n) is 6.34. The fourth-order valence-corrected chi connectivity index (χ4v) is 2.89. The summed E-state index contributed by atoms with van der Waals surface area (Å²) in [5.74, 6) is 0. The second-order valence-corrected chi connectivity index (χ2v) is 6.34. The molecule has 0 spiro atoms. The Bertz CT molecular complexity index is 388. The summed E-state index contributed by atoms with van der Waals surface area (Å²) in [6.45, 7) is 8.26. The summed E-state index contributed by atoms with van der Waals surface area (Å²) in [6.07, 6.45) is 7.31. The minimum absolute atomic E-state index is 0.609. The summed E-state index contributed by atoms with van der Waals surface area (Å²) in [4.78, 5) is 2.24. The molecule has 108 valence electrons. The van der Waals surface area contributed by atoms with Gasteiger partial charge in [0.05, 0.1) is 17.3 Å². The van der Waals surface area contributed by atoms with Crippen LogP contribution in [0.2, 0.25) is 0 Å². The molecule has 0 bridgehead atoms. The Morgan fingerprint density at radius 3 is 2.68 bits per heavy atom. The lowest BCUT2D eigenvalue weighted by molar-refractivity contribution is 0.0349. The van der Waals surface area contributed by atoms with Gasteiger partial charge in [0.25, 0.3) is 0 Å². The molecule has 1 aromatic rings. The van der Waals surface area contributed by atoms with Gasteiger partial charge in [0.1, 0.15) is 0 Å². The van der Waals surface area contributed by atoms with Crippen LogP contribution in [0.1, 0.15) is 58.2 Å². The molecule has 1 saturated carbocycles. The Kier molecular flexibility index (Phi) is 4.63. The number of hydrogen-bond acceptors (Lipinski definition) is 3. The molecule has 1 N–H and O–H groups in total. The van der Waals surface area contributed by atoms with E-state index < -0.39 is 5.60 Å². The molecule has 1 aliphatic carbocycles. The van der Waals surface area contributed by atoms with Crippen molar-refractivity contribution in [1.29, 1.82) is 0 Å². The average Bonchev–Trinajstić information content (AvgIpc) is 2.95. The van der Waals surface area contributed by atoms with Crippen LogP contribution in [0.15, 0.2) is 12.3 Å². The van der Waals surface area contributed by atoms with Gasteiger partial charge in [-0.15, -0.1) is 0 Å². The fraction of sp³-hybridized carbons (Fsp3) is 0.800. The molecule has 4 heteroatoms. The van der Waals surface area contributed by atoms with Gasteiger partial charge >= 0.3 is 0 Å². The maximum atomic E-state index is 9.91.